The van der Waals surface area contributed by atoms with Crippen LogP contribution in [0.5, 0.6) is 0 Å². The molecular formula is C31H45N7O13S2. The number of nitrogens with one attached hydrogen (secondary N) is 3. The van der Waals surface area contributed by atoms with Crippen LogP contribution in [0.1, 0.15) is 93.3 Å². The lowest BCUT2D eigenvalue weighted by Gasteiger charge is -2.43. The van der Waals surface area contributed by atoms with E-state index in [-0.39, 0.29) is 39.6 Å². The number of hydrogen-bond donors (Lipinski definition) is 4. The number of esters is 1. The van der Waals surface area contributed by atoms with E-state index in [1.54, 1.807) is 62.3 Å². The third kappa shape index (κ3) is 12.7. The molecule has 3 heterocycles. The summed E-state index contributed by atoms with van der Waals surface area (Å²) in [6.07, 6.45) is -1.92. The van der Waals surface area contributed by atoms with Crippen molar-refractivity contribution in [3.05, 3.63) is 28.6 Å². The van der Waals surface area contributed by atoms with Crippen molar-refractivity contribution in [3.8, 4) is 0 Å². The highest BCUT2D eigenvalue weighted by molar-refractivity contribution is 7.84. The molecule has 53 heavy (non-hydrogen) atoms. The third-order valence-corrected chi connectivity index (χ3v) is 8.07. The highest BCUT2D eigenvalue weighted by Crippen LogP contribution is 2.28. The van der Waals surface area contributed by atoms with Crippen LogP contribution in [0, 0.1) is 0 Å². The smallest absolute Gasteiger partial charge is 0.413 e. The normalized spacial score (nSPS) is 17.0. The zero-order chi connectivity index (χ0) is 40.3. The number of anilines is 1. The topological polar surface area (TPSA) is 267 Å². The van der Waals surface area contributed by atoms with Crippen molar-refractivity contribution in [2.24, 2.45) is 5.16 Å². The van der Waals surface area contributed by atoms with Gasteiger partial charge in [-0.2, -0.15) is 8.42 Å². The van der Waals surface area contributed by atoms with Gasteiger partial charge in [-0.3, -0.25) is 19.5 Å². The molecule has 3 rings (SSSR count). The highest BCUT2D eigenvalue weighted by atomic mass is 32.2. The fourth-order valence-corrected chi connectivity index (χ4v) is 5.79. The number of nitrogens with zero attached hydrogens (tertiary/aromatic N) is 4. The zero-order valence-electron chi connectivity index (χ0n) is 31.2. The second kappa shape index (κ2) is 15.6. The Bertz CT molecular complexity index is 1850. The summed E-state index contributed by atoms with van der Waals surface area (Å²) in [6.45, 7) is 17.4. The molecule has 1 saturated heterocycles. The third-order valence-electron chi connectivity index (χ3n) is 6.36. The average Bonchev–Trinajstić information content (AvgIpc) is 3.60. The van der Waals surface area contributed by atoms with Gasteiger partial charge < -0.3 is 34.2 Å². The van der Waals surface area contributed by atoms with Crippen LogP contribution in [0.3, 0.4) is 0 Å². The first-order chi connectivity index (χ1) is 24.0. The van der Waals surface area contributed by atoms with E-state index >= 15 is 0 Å². The summed E-state index contributed by atoms with van der Waals surface area (Å²) in [7, 11) is -5.10. The van der Waals surface area contributed by atoms with E-state index in [9.17, 15) is 36.9 Å². The molecule has 2 atom stereocenters. The Morgan fingerprint density at radius 3 is 2.11 bits per heavy atom. The lowest BCUT2D eigenvalue weighted by Crippen LogP contribution is -2.73. The summed E-state index contributed by atoms with van der Waals surface area (Å²) in [6, 6.07) is -1.60. The summed E-state index contributed by atoms with van der Waals surface area (Å²) >= 11 is 0.882. The summed E-state index contributed by atoms with van der Waals surface area (Å²) in [4.78, 5) is 73.7. The Kier molecular flexibility index (Phi) is 12.6. The van der Waals surface area contributed by atoms with Gasteiger partial charge >= 0.3 is 28.5 Å². The van der Waals surface area contributed by atoms with Gasteiger partial charge in [0, 0.05) is 17.9 Å². The van der Waals surface area contributed by atoms with Gasteiger partial charge in [-0.1, -0.05) is 10.3 Å². The number of amides is 4. The predicted octanol–water partition coefficient (Wildman–Crippen LogP) is 3.08. The maximum Gasteiger partial charge on any atom is 0.413 e. The van der Waals surface area contributed by atoms with E-state index in [0.717, 1.165) is 11.3 Å². The van der Waals surface area contributed by atoms with Crippen LogP contribution in [0.15, 0.2) is 21.1 Å². The summed E-state index contributed by atoms with van der Waals surface area (Å²) in [5, 5.41) is 16.3. The van der Waals surface area contributed by atoms with Gasteiger partial charge in [-0.25, -0.2) is 23.7 Å². The van der Waals surface area contributed by atoms with Gasteiger partial charge in [0.05, 0.1) is 18.3 Å². The van der Waals surface area contributed by atoms with E-state index in [4.69, 9.17) is 23.6 Å². The number of carbonyl (C=O) groups excluding carboxylic acids is 5. The minimum Gasteiger partial charge on any atom is -0.457 e. The fourth-order valence-electron chi connectivity index (χ4n) is 4.23. The molecule has 0 spiro atoms. The lowest BCUT2D eigenvalue weighted by atomic mass is 9.93. The molecule has 0 aliphatic carbocycles. The largest absolute Gasteiger partial charge is 0.457 e. The molecule has 0 bridgehead atoms. The molecule has 0 saturated carbocycles. The molecule has 4 amide bonds. The van der Waals surface area contributed by atoms with Crippen LogP contribution in [0.2, 0.25) is 0 Å². The number of carbonyl (C=O) groups is 5. The molecule has 0 unspecified atom stereocenters. The second-order valence-corrected chi connectivity index (χ2v) is 17.3. The first-order valence-electron chi connectivity index (χ1n) is 16.0. The van der Waals surface area contributed by atoms with Crippen molar-refractivity contribution in [2.75, 3.05) is 5.32 Å². The van der Waals surface area contributed by atoms with E-state index in [1.165, 1.54) is 25.3 Å². The molecule has 1 fully saturated rings. The summed E-state index contributed by atoms with van der Waals surface area (Å²) in [5.74, 6) is -2.99. The number of β-lactam (4-membered cyclic amide) rings is 1. The van der Waals surface area contributed by atoms with Crippen molar-refractivity contribution in [1.29, 1.82) is 0 Å². The van der Waals surface area contributed by atoms with Crippen molar-refractivity contribution in [2.45, 2.75) is 124 Å². The van der Waals surface area contributed by atoms with Crippen molar-refractivity contribution in [1.82, 2.24) is 25.1 Å². The molecule has 1 aliphatic heterocycles. The molecule has 1 aliphatic rings. The minimum atomic E-state index is -5.10. The average molecular weight is 788 g/mol. The number of ether oxygens (including phenoxy) is 3. The van der Waals surface area contributed by atoms with Gasteiger partial charge in [0.1, 0.15) is 28.5 Å². The molecule has 2 aromatic rings. The summed E-state index contributed by atoms with van der Waals surface area (Å²) < 4.78 is 55.3. The minimum absolute atomic E-state index is 0.0145. The van der Waals surface area contributed by atoms with Crippen LogP contribution in [-0.2, 0) is 56.7 Å². The standard InChI is InChI=1S/C31H45N7O13S2/c1-28(2,3)47-24(41)31(10,11)51-37-20(18-15-52-25(33-18)35-27(43)49-30(7,8)9)22(39)34-21-19(38(23(21)40)53(44,45)46)13-16-12-17(50-36-16)14-32-26(42)48-29(4,5)6/h12,15,19,21H,13-14H2,1-11H3,(H,32,42)(H,34,39)(H,33,35,43)(H,44,45,46)/b37-20-/t19-,21+/m1/s1. The Labute approximate surface area is 310 Å². The number of hydrogen-bond acceptors (Lipinski definition) is 16. The van der Waals surface area contributed by atoms with Crippen LogP contribution in [-0.4, -0.2) is 97.6 Å². The van der Waals surface area contributed by atoms with Crippen LogP contribution in [0.25, 0.3) is 0 Å². The van der Waals surface area contributed by atoms with Gasteiger partial charge in [0.25, 0.3) is 11.8 Å². The van der Waals surface area contributed by atoms with E-state index in [1.807, 2.05) is 0 Å². The Morgan fingerprint density at radius 2 is 1.55 bits per heavy atom. The van der Waals surface area contributed by atoms with Gasteiger partial charge in [-0.05, 0) is 76.2 Å². The Morgan fingerprint density at radius 1 is 0.962 bits per heavy atom. The van der Waals surface area contributed by atoms with Gasteiger partial charge in [0.2, 0.25) is 5.60 Å². The molecule has 0 aromatic carbocycles. The van der Waals surface area contributed by atoms with Crippen molar-refractivity contribution >= 4 is 62.5 Å². The number of alkyl carbamates (subject to hydrolysis) is 1. The van der Waals surface area contributed by atoms with Crippen LogP contribution in [0.4, 0.5) is 14.7 Å². The zero-order valence-corrected chi connectivity index (χ0v) is 32.8. The molecule has 4 N–H and O–H groups in total. The van der Waals surface area contributed by atoms with Crippen LogP contribution >= 0.6 is 11.3 Å². The SMILES string of the molecule is CC(C)(C)OC(=O)NCc1cc(C[C@@H]2[C@H](NC(=O)/C(=N\OC(C)(C)C(=O)OC(C)(C)C)c3csc(NC(=O)OC(C)(C)C)n3)C(=O)N2S(=O)(=O)O)no1. The predicted molar refractivity (Wildman–Crippen MR) is 187 cm³/mol. The first kappa shape index (κ1) is 42.6. The quantitative estimate of drug-likeness (QED) is 0.0601. The molecule has 22 heteroatoms. The summed E-state index contributed by atoms with van der Waals surface area (Å²) in [5.41, 5.74) is -4.87. The maximum atomic E-state index is 13.8. The van der Waals surface area contributed by atoms with Crippen molar-refractivity contribution in [3.63, 3.8) is 0 Å². The number of oxime groups is 1. The molecule has 20 nitrogen and oxygen atoms in total. The Hall–Kier alpha value is -4.83. The maximum absolute atomic E-state index is 13.8. The van der Waals surface area contributed by atoms with Gasteiger partial charge in [-0.15, -0.1) is 11.3 Å². The Balaban J connectivity index is 1.89. The highest BCUT2D eigenvalue weighted by Gasteiger charge is 2.54. The van der Waals surface area contributed by atoms with E-state index in [0.29, 0.717) is 0 Å². The molecule has 294 valence electrons. The second-order valence-electron chi connectivity index (χ2n) is 15.2. The van der Waals surface area contributed by atoms with E-state index < -0.39 is 80.5 Å². The lowest BCUT2D eigenvalue weighted by molar-refractivity contribution is -0.179. The number of aromatic nitrogens is 2. The van der Waals surface area contributed by atoms with Gasteiger partial charge in [0.15, 0.2) is 16.6 Å². The van der Waals surface area contributed by atoms with Crippen LogP contribution < -0.4 is 16.0 Å². The van der Waals surface area contributed by atoms with Crippen molar-refractivity contribution < 1.29 is 60.5 Å². The first-order valence-corrected chi connectivity index (χ1v) is 18.3. The fraction of sp³-hybridized carbons (Fsp3) is 0.613. The molecule has 2 aromatic heterocycles. The number of thiazole rings is 1. The molecular weight excluding hydrogens is 743 g/mol. The van der Waals surface area contributed by atoms with E-state index in [2.05, 4.69) is 31.2 Å². The monoisotopic (exact) mass is 787 g/mol. The molecule has 0 radical (unpaired) electrons. The number of rotatable bonds is 12.